The molecule has 0 fully saturated rings. The van der Waals surface area contributed by atoms with Crippen LogP contribution in [0.2, 0.25) is 0 Å². The first-order valence-corrected chi connectivity index (χ1v) is 4.64. The second-order valence-corrected chi connectivity index (χ2v) is 3.34. The molecule has 2 nitrogen and oxygen atoms in total. The molecule has 0 aromatic heterocycles. The van der Waals surface area contributed by atoms with Crippen LogP contribution in [0.5, 0.6) is 5.75 Å². The van der Waals surface area contributed by atoms with Gasteiger partial charge in [-0.2, -0.15) is 0 Å². The quantitative estimate of drug-likeness (QED) is 0.797. The van der Waals surface area contributed by atoms with E-state index in [0.717, 1.165) is 16.9 Å². The van der Waals surface area contributed by atoms with Crippen molar-refractivity contribution in [1.82, 2.24) is 0 Å². The zero-order valence-corrected chi connectivity index (χ0v) is 8.82. The van der Waals surface area contributed by atoms with Gasteiger partial charge in [0.2, 0.25) is 0 Å². The van der Waals surface area contributed by atoms with E-state index >= 15 is 0 Å². The summed E-state index contributed by atoms with van der Waals surface area (Å²) >= 11 is 0. The van der Waals surface area contributed by atoms with Crippen molar-refractivity contribution in [3.8, 4) is 5.75 Å². The van der Waals surface area contributed by atoms with Crippen LogP contribution in [-0.2, 0) is 0 Å². The van der Waals surface area contributed by atoms with E-state index in [9.17, 15) is 5.11 Å². The normalized spacial score (nSPS) is 13.9. The molecule has 14 heavy (non-hydrogen) atoms. The molecule has 1 aromatic carbocycles. The number of hydrogen-bond donors (Lipinski definition) is 1. The summed E-state index contributed by atoms with van der Waals surface area (Å²) in [7, 11) is 1.64. The Morgan fingerprint density at radius 2 is 1.93 bits per heavy atom. The molecule has 1 rings (SSSR count). The van der Waals surface area contributed by atoms with E-state index in [1.54, 1.807) is 14.0 Å². The van der Waals surface area contributed by atoms with Gasteiger partial charge in [-0.25, -0.2) is 0 Å². The van der Waals surface area contributed by atoms with E-state index in [0.29, 0.717) is 0 Å². The van der Waals surface area contributed by atoms with Crippen LogP contribution in [0.4, 0.5) is 0 Å². The predicted octanol–water partition coefficient (Wildman–Crippen LogP) is 2.48. The highest BCUT2D eigenvalue weighted by molar-refractivity contribution is 5.54. The zero-order chi connectivity index (χ0) is 10.6. The van der Waals surface area contributed by atoms with E-state index in [1.807, 2.05) is 37.3 Å². The summed E-state index contributed by atoms with van der Waals surface area (Å²) in [5.41, 5.74) is 2.03. The van der Waals surface area contributed by atoms with Gasteiger partial charge in [0.25, 0.3) is 0 Å². The lowest BCUT2D eigenvalue weighted by Gasteiger charge is -2.04. The largest absolute Gasteiger partial charge is 0.497 e. The van der Waals surface area contributed by atoms with Gasteiger partial charge in [0.15, 0.2) is 0 Å². The Balaban J connectivity index is 2.83. The second kappa shape index (κ2) is 4.82. The molecule has 0 spiro atoms. The second-order valence-electron chi connectivity index (χ2n) is 3.34. The predicted molar refractivity (Wildman–Crippen MR) is 58.3 cm³/mol. The third-order valence-electron chi connectivity index (χ3n) is 2.17. The number of rotatable bonds is 3. The molecule has 2 heteroatoms. The maximum absolute atomic E-state index is 9.29. The molecule has 76 valence electrons. The van der Waals surface area contributed by atoms with E-state index in [4.69, 9.17) is 4.74 Å². The first-order chi connectivity index (χ1) is 6.63. The Labute approximate surface area is 84.8 Å². The first-order valence-electron chi connectivity index (χ1n) is 4.64. The number of aliphatic hydroxyl groups is 1. The van der Waals surface area contributed by atoms with Gasteiger partial charge in [0, 0.05) is 0 Å². The van der Waals surface area contributed by atoms with E-state index in [2.05, 4.69) is 0 Å². The van der Waals surface area contributed by atoms with Gasteiger partial charge in [0.05, 0.1) is 13.2 Å². The fraction of sp³-hybridized carbons (Fsp3) is 0.333. The van der Waals surface area contributed by atoms with E-state index < -0.39 is 6.10 Å². The molecule has 1 unspecified atom stereocenters. The molecule has 0 aliphatic carbocycles. The van der Waals surface area contributed by atoms with Gasteiger partial charge in [0.1, 0.15) is 5.75 Å². The number of aliphatic hydroxyl groups excluding tert-OH is 1. The first kappa shape index (κ1) is 10.8. The number of ether oxygens (including phenoxy) is 1. The van der Waals surface area contributed by atoms with Crippen molar-refractivity contribution in [2.75, 3.05) is 7.11 Å². The van der Waals surface area contributed by atoms with Crippen molar-refractivity contribution in [3.63, 3.8) is 0 Å². The van der Waals surface area contributed by atoms with Crippen LogP contribution >= 0.6 is 0 Å². The lowest BCUT2D eigenvalue weighted by molar-refractivity contribution is 0.232. The Morgan fingerprint density at radius 1 is 1.36 bits per heavy atom. The highest BCUT2D eigenvalue weighted by atomic mass is 16.5. The van der Waals surface area contributed by atoms with Crippen LogP contribution < -0.4 is 4.74 Å². The van der Waals surface area contributed by atoms with Crippen molar-refractivity contribution in [2.24, 2.45) is 0 Å². The van der Waals surface area contributed by atoms with Crippen LogP contribution in [-0.4, -0.2) is 18.3 Å². The van der Waals surface area contributed by atoms with Crippen LogP contribution in [0.3, 0.4) is 0 Å². The lowest BCUT2D eigenvalue weighted by Crippen LogP contribution is -2.00. The molecule has 1 aromatic rings. The summed E-state index contributed by atoms with van der Waals surface area (Å²) in [5, 5.41) is 9.29. The molecule has 0 saturated carbocycles. The standard InChI is InChI=1S/C12H16O2/c1-9(10(2)13)8-11-4-6-12(14-3)7-5-11/h4-8,10,13H,1-3H3/b9-8-. The van der Waals surface area contributed by atoms with Crippen molar-refractivity contribution >= 4 is 6.08 Å². The van der Waals surface area contributed by atoms with Gasteiger partial charge < -0.3 is 9.84 Å². The smallest absolute Gasteiger partial charge is 0.118 e. The zero-order valence-electron chi connectivity index (χ0n) is 8.82. The SMILES string of the molecule is COc1ccc(/C=C(/C)C(C)O)cc1. The minimum atomic E-state index is -0.392. The van der Waals surface area contributed by atoms with Gasteiger partial charge in [-0.15, -0.1) is 0 Å². The highest BCUT2D eigenvalue weighted by Gasteiger charge is 1.98. The lowest BCUT2D eigenvalue weighted by atomic mass is 10.1. The van der Waals surface area contributed by atoms with Gasteiger partial charge in [-0.05, 0) is 37.1 Å². The molecule has 0 saturated heterocycles. The van der Waals surface area contributed by atoms with Gasteiger partial charge in [-0.3, -0.25) is 0 Å². The van der Waals surface area contributed by atoms with Crippen LogP contribution in [0.25, 0.3) is 6.08 Å². The fourth-order valence-electron chi connectivity index (χ4n) is 1.08. The third kappa shape index (κ3) is 2.89. The molecule has 0 aliphatic rings. The fourth-order valence-corrected chi connectivity index (χ4v) is 1.08. The van der Waals surface area contributed by atoms with Crippen molar-refractivity contribution < 1.29 is 9.84 Å². The van der Waals surface area contributed by atoms with Crippen molar-refractivity contribution in [2.45, 2.75) is 20.0 Å². The molecule has 0 heterocycles. The molecule has 1 atom stereocenters. The summed E-state index contributed by atoms with van der Waals surface area (Å²) in [6.07, 6.45) is 1.57. The molecular weight excluding hydrogens is 176 g/mol. The average Bonchev–Trinajstić information content (AvgIpc) is 2.19. The summed E-state index contributed by atoms with van der Waals surface area (Å²) in [5.74, 6) is 0.844. The number of hydrogen-bond acceptors (Lipinski definition) is 2. The van der Waals surface area contributed by atoms with Gasteiger partial charge >= 0.3 is 0 Å². The molecule has 0 radical (unpaired) electrons. The van der Waals surface area contributed by atoms with Crippen LogP contribution in [0.15, 0.2) is 29.8 Å². The van der Waals surface area contributed by atoms with Crippen molar-refractivity contribution in [3.05, 3.63) is 35.4 Å². The molecular formula is C12H16O2. The minimum absolute atomic E-state index is 0.392. The van der Waals surface area contributed by atoms with E-state index in [-0.39, 0.29) is 0 Å². The molecule has 0 aliphatic heterocycles. The Bertz CT molecular complexity index is 310. The highest BCUT2D eigenvalue weighted by Crippen LogP contribution is 2.14. The average molecular weight is 192 g/mol. The third-order valence-corrected chi connectivity index (χ3v) is 2.17. The molecule has 0 amide bonds. The van der Waals surface area contributed by atoms with E-state index in [1.165, 1.54) is 0 Å². The van der Waals surface area contributed by atoms with Gasteiger partial charge in [-0.1, -0.05) is 18.2 Å². The maximum atomic E-state index is 9.29. The summed E-state index contributed by atoms with van der Waals surface area (Å²) < 4.78 is 5.05. The minimum Gasteiger partial charge on any atom is -0.497 e. The number of methoxy groups -OCH3 is 1. The summed E-state index contributed by atoms with van der Waals surface area (Å²) in [4.78, 5) is 0. The summed E-state index contributed by atoms with van der Waals surface area (Å²) in [6, 6.07) is 7.73. The van der Waals surface area contributed by atoms with Crippen molar-refractivity contribution in [1.29, 1.82) is 0 Å². The Kier molecular flexibility index (Phi) is 3.72. The van der Waals surface area contributed by atoms with Crippen LogP contribution in [0, 0.1) is 0 Å². The Morgan fingerprint density at radius 3 is 2.36 bits per heavy atom. The Hall–Kier alpha value is -1.28. The topological polar surface area (TPSA) is 29.5 Å². The monoisotopic (exact) mass is 192 g/mol. The van der Waals surface area contributed by atoms with Crippen LogP contribution in [0.1, 0.15) is 19.4 Å². The number of benzene rings is 1. The molecule has 1 N–H and O–H groups in total. The molecule has 0 bridgehead atoms. The maximum Gasteiger partial charge on any atom is 0.118 e. The summed E-state index contributed by atoms with van der Waals surface area (Å²) in [6.45, 7) is 3.67.